The molecule has 17 heavy (non-hydrogen) atoms. The molecule has 0 aromatic carbocycles. The van der Waals surface area contributed by atoms with Crippen LogP contribution in [0.1, 0.15) is 32.1 Å². The number of alkyl halides is 3. The molecule has 0 amide bonds. The molecule has 0 unspecified atom stereocenters. The van der Waals surface area contributed by atoms with Crippen LogP contribution < -0.4 is 0 Å². The van der Waals surface area contributed by atoms with Gasteiger partial charge in [-0.15, -0.1) is 11.3 Å². The van der Waals surface area contributed by atoms with Gasteiger partial charge in [0.2, 0.25) is 0 Å². The Balaban J connectivity index is 3.13. The van der Waals surface area contributed by atoms with Crippen molar-refractivity contribution in [3.63, 3.8) is 0 Å². The maximum Gasteiger partial charge on any atom is 0.395 e. The molecule has 0 aliphatic carbocycles. The number of ether oxygens (including phenoxy) is 1. The summed E-state index contributed by atoms with van der Waals surface area (Å²) >= 11 is 0.557. The first kappa shape index (κ1) is 13.6. The minimum Gasteiger partial charge on any atom is -0.464 e. The van der Waals surface area contributed by atoms with Crippen molar-refractivity contribution in [2.75, 3.05) is 7.11 Å². The number of ketones is 1. The van der Waals surface area contributed by atoms with Gasteiger partial charge >= 0.3 is 12.1 Å². The Kier molecular flexibility index (Phi) is 3.87. The van der Waals surface area contributed by atoms with Crippen molar-refractivity contribution in [2.24, 2.45) is 0 Å². The van der Waals surface area contributed by atoms with Crippen LogP contribution in [0.2, 0.25) is 0 Å². The fourth-order valence-corrected chi connectivity index (χ4v) is 2.06. The predicted octanol–water partition coefficient (Wildman–Crippen LogP) is 2.24. The van der Waals surface area contributed by atoms with E-state index < -0.39 is 24.3 Å². The summed E-state index contributed by atoms with van der Waals surface area (Å²) in [7, 11) is 1.06. The molecule has 0 N–H and O–H groups in total. The second-order valence-electron chi connectivity index (χ2n) is 3.13. The third-order valence-electron chi connectivity index (χ3n) is 1.72. The summed E-state index contributed by atoms with van der Waals surface area (Å²) in [6.45, 7) is 1.15. The first-order valence-corrected chi connectivity index (χ1v) is 5.22. The molecule has 1 heterocycles. The number of carbonyl (C=O) groups excluding carboxylic acids is 2. The van der Waals surface area contributed by atoms with Crippen molar-refractivity contribution in [3.8, 4) is 0 Å². The average Bonchev–Trinajstić information content (AvgIpc) is 2.57. The Morgan fingerprint density at radius 1 is 1.41 bits per heavy atom. The van der Waals surface area contributed by atoms with Crippen molar-refractivity contribution in [2.45, 2.75) is 19.5 Å². The fourth-order valence-electron chi connectivity index (χ4n) is 1.09. The Labute approximate surface area is 98.4 Å². The number of nitrogens with zero attached hydrogens (tertiary/aromatic N) is 1. The molecule has 0 spiro atoms. The van der Waals surface area contributed by atoms with Gasteiger partial charge in [0.1, 0.15) is 9.88 Å². The summed E-state index contributed by atoms with van der Waals surface area (Å²) in [6.07, 6.45) is -5.70. The largest absolute Gasteiger partial charge is 0.464 e. The van der Waals surface area contributed by atoms with E-state index in [0.717, 1.165) is 14.0 Å². The fraction of sp³-hybridized carbons (Fsp3) is 0.444. The smallest absolute Gasteiger partial charge is 0.395 e. The Bertz CT molecular complexity index is 453. The molecule has 0 aliphatic rings. The molecule has 0 aliphatic heterocycles. The average molecular weight is 267 g/mol. The van der Waals surface area contributed by atoms with Crippen LogP contribution in [0.3, 0.4) is 0 Å². The second kappa shape index (κ2) is 4.82. The Morgan fingerprint density at radius 2 is 2.00 bits per heavy atom. The number of halogens is 3. The van der Waals surface area contributed by atoms with Crippen molar-refractivity contribution in [3.05, 3.63) is 15.6 Å². The van der Waals surface area contributed by atoms with E-state index in [-0.39, 0.29) is 15.6 Å². The highest BCUT2D eigenvalue weighted by molar-refractivity contribution is 7.14. The monoisotopic (exact) mass is 267 g/mol. The highest BCUT2D eigenvalue weighted by atomic mass is 32.1. The highest BCUT2D eigenvalue weighted by Crippen LogP contribution is 2.27. The number of esters is 1. The van der Waals surface area contributed by atoms with Gasteiger partial charge in [-0.2, -0.15) is 13.2 Å². The summed E-state index contributed by atoms with van der Waals surface area (Å²) in [6, 6.07) is 0. The van der Waals surface area contributed by atoms with E-state index in [4.69, 9.17) is 0 Å². The number of hydrogen-bond acceptors (Lipinski definition) is 5. The second-order valence-corrected chi connectivity index (χ2v) is 4.21. The van der Waals surface area contributed by atoms with Crippen LogP contribution in [0.5, 0.6) is 0 Å². The van der Waals surface area contributed by atoms with Crippen LogP contribution >= 0.6 is 11.3 Å². The lowest BCUT2D eigenvalue weighted by Gasteiger charge is -2.01. The normalized spacial score (nSPS) is 11.4. The van der Waals surface area contributed by atoms with Gasteiger partial charge in [0.05, 0.1) is 13.5 Å². The van der Waals surface area contributed by atoms with Gasteiger partial charge in [0, 0.05) is 6.92 Å². The summed E-state index contributed by atoms with van der Waals surface area (Å²) in [5.74, 6) is -1.43. The lowest BCUT2D eigenvalue weighted by atomic mass is 10.3. The van der Waals surface area contributed by atoms with Crippen LogP contribution in [0, 0.1) is 0 Å². The van der Waals surface area contributed by atoms with Crippen LogP contribution in [-0.4, -0.2) is 30.0 Å². The summed E-state index contributed by atoms with van der Waals surface area (Å²) in [5.41, 5.74) is -0.357. The first-order chi connectivity index (χ1) is 7.74. The number of hydrogen-bond donors (Lipinski definition) is 0. The molecule has 0 radical (unpaired) electrons. The van der Waals surface area contributed by atoms with Gasteiger partial charge in [-0.05, 0) is 0 Å². The van der Waals surface area contributed by atoms with Crippen molar-refractivity contribution in [1.29, 1.82) is 0 Å². The molecule has 0 fully saturated rings. The maximum atomic E-state index is 12.1. The van der Waals surface area contributed by atoms with Crippen LogP contribution in [0.25, 0.3) is 0 Å². The molecule has 0 bridgehead atoms. The number of thiazole rings is 1. The first-order valence-electron chi connectivity index (χ1n) is 4.40. The molecular formula is C9H8F3NO3S. The summed E-state index contributed by atoms with van der Waals surface area (Å²) in [5, 5.41) is -0.330. The third-order valence-corrected chi connectivity index (χ3v) is 2.88. The molecule has 0 saturated carbocycles. The van der Waals surface area contributed by atoms with E-state index in [1.807, 2.05) is 0 Å². The van der Waals surface area contributed by atoms with Gasteiger partial charge in [0.15, 0.2) is 11.5 Å². The van der Waals surface area contributed by atoms with E-state index in [1.54, 1.807) is 0 Å². The van der Waals surface area contributed by atoms with E-state index in [9.17, 15) is 22.8 Å². The number of aromatic nitrogens is 1. The Hall–Kier alpha value is -1.44. The van der Waals surface area contributed by atoms with Crippen molar-refractivity contribution >= 4 is 23.1 Å². The van der Waals surface area contributed by atoms with Gasteiger partial charge in [-0.3, -0.25) is 4.79 Å². The molecule has 1 aromatic heterocycles. The zero-order chi connectivity index (χ0) is 13.2. The topological polar surface area (TPSA) is 56.3 Å². The van der Waals surface area contributed by atoms with E-state index in [2.05, 4.69) is 9.72 Å². The van der Waals surface area contributed by atoms with Crippen LogP contribution in [-0.2, 0) is 11.2 Å². The third kappa shape index (κ3) is 3.52. The van der Waals surface area contributed by atoms with Crippen molar-refractivity contribution < 1.29 is 27.5 Å². The van der Waals surface area contributed by atoms with E-state index in [0.29, 0.717) is 11.3 Å². The zero-order valence-corrected chi connectivity index (χ0v) is 9.74. The molecule has 0 saturated heterocycles. The summed E-state index contributed by atoms with van der Waals surface area (Å²) in [4.78, 5) is 25.7. The SMILES string of the molecule is COC(=O)c1nc(CC(F)(F)F)sc1C(C)=O. The molecule has 4 nitrogen and oxygen atoms in total. The number of Topliss-reactive ketones (excluding diaryl/α,β-unsaturated/α-hetero) is 1. The minimum absolute atomic E-state index is 0.115. The molecule has 1 aromatic rings. The maximum absolute atomic E-state index is 12.1. The minimum atomic E-state index is -4.43. The lowest BCUT2D eigenvalue weighted by molar-refractivity contribution is -0.127. The van der Waals surface area contributed by atoms with E-state index >= 15 is 0 Å². The number of rotatable bonds is 3. The lowest BCUT2D eigenvalue weighted by Crippen LogP contribution is -2.12. The van der Waals surface area contributed by atoms with Crippen LogP contribution in [0.4, 0.5) is 13.2 Å². The quantitative estimate of drug-likeness (QED) is 0.622. The van der Waals surface area contributed by atoms with Crippen LogP contribution in [0.15, 0.2) is 0 Å². The highest BCUT2D eigenvalue weighted by Gasteiger charge is 2.31. The van der Waals surface area contributed by atoms with Gasteiger partial charge < -0.3 is 4.74 Å². The molecular weight excluding hydrogens is 259 g/mol. The zero-order valence-electron chi connectivity index (χ0n) is 8.92. The van der Waals surface area contributed by atoms with Gasteiger partial charge in [-0.1, -0.05) is 0 Å². The molecule has 0 atom stereocenters. The number of methoxy groups -OCH3 is 1. The Morgan fingerprint density at radius 3 is 2.41 bits per heavy atom. The van der Waals surface area contributed by atoms with Crippen molar-refractivity contribution in [1.82, 2.24) is 4.98 Å². The van der Waals surface area contributed by atoms with Gasteiger partial charge in [-0.25, -0.2) is 9.78 Å². The standard InChI is InChI=1S/C9H8F3NO3S/c1-4(14)7-6(8(15)16-2)13-5(17-7)3-9(10,11)12/h3H2,1-2H3. The summed E-state index contributed by atoms with van der Waals surface area (Å²) < 4.78 is 40.7. The predicted molar refractivity (Wildman–Crippen MR) is 53.2 cm³/mol. The number of carbonyl (C=O) groups is 2. The van der Waals surface area contributed by atoms with E-state index in [1.165, 1.54) is 0 Å². The molecule has 8 heteroatoms. The van der Waals surface area contributed by atoms with Gasteiger partial charge in [0.25, 0.3) is 0 Å². The molecule has 1 rings (SSSR count). The molecule has 94 valence electrons.